The van der Waals surface area contributed by atoms with Gasteiger partial charge in [-0.15, -0.1) is 0 Å². The van der Waals surface area contributed by atoms with Gasteiger partial charge in [0, 0.05) is 4.47 Å². The van der Waals surface area contributed by atoms with Crippen molar-refractivity contribution in [1.29, 1.82) is 0 Å². The molecule has 0 bridgehead atoms. The second kappa shape index (κ2) is 4.18. The molecule has 16 heavy (non-hydrogen) atoms. The fraction of sp³-hybridized carbons (Fsp3) is 0.417. The Morgan fingerprint density at radius 1 is 1.56 bits per heavy atom. The third kappa shape index (κ3) is 1.76. The van der Waals surface area contributed by atoms with Crippen molar-refractivity contribution >= 4 is 21.9 Å². The molecule has 0 spiro atoms. The second-order valence-corrected chi connectivity index (χ2v) is 5.16. The van der Waals surface area contributed by atoms with Crippen molar-refractivity contribution in [1.82, 2.24) is 5.32 Å². The lowest BCUT2D eigenvalue weighted by molar-refractivity contribution is -0.140. The molecular formula is C12H14BrNO2. The number of carboxylic acids is 1. The zero-order chi connectivity index (χ0) is 11.8. The van der Waals surface area contributed by atoms with Gasteiger partial charge in [0.2, 0.25) is 0 Å². The van der Waals surface area contributed by atoms with E-state index in [1.807, 2.05) is 31.3 Å². The topological polar surface area (TPSA) is 49.3 Å². The summed E-state index contributed by atoms with van der Waals surface area (Å²) in [5.74, 6) is -0.508. The van der Waals surface area contributed by atoms with Crippen LogP contribution in [0.4, 0.5) is 0 Å². The highest BCUT2D eigenvalue weighted by atomic mass is 79.9. The highest BCUT2D eigenvalue weighted by Gasteiger charge is 2.60. The molecule has 1 saturated carbocycles. The fourth-order valence-corrected chi connectivity index (χ4v) is 2.57. The summed E-state index contributed by atoms with van der Waals surface area (Å²) < 4.78 is 0.975. The van der Waals surface area contributed by atoms with Crippen molar-refractivity contribution in [2.75, 3.05) is 13.6 Å². The number of nitrogens with one attached hydrogen (secondary N) is 1. The summed E-state index contributed by atoms with van der Waals surface area (Å²) in [5, 5.41) is 12.4. The van der Waals surface area contributed by atoms with Gasteiger partial charge in [0.1, 0.15) is 0 Å². The molecule has 4 heteroatoms. The van der Waals surface area contributed by atoms with Crippen LogP contribution in [0, 0.1) is 5.92 Å². The van der Waals surface area contributed by atoms with Crippen LogP contribution in [0.5, 0.6) is 0 Å². The Hall–Kier alpha value is -0.870. The van der Waals surface area contributed by atoms with Gasteiger partial charge in [0.15, 0.2) is 0 Å². The Labute approximate surface area is 103 Å². The van der Waals surface area contributed by atoms with Crippen molar-refractivity contribution in [2.24, 2.45) is 5.92 Å². The third-order valence-electron chi connectivity index (χ3n) is 3.30. The number of carbonyl (C=O) groups is 1. The second-order valence-electron chi connectivity index (χ2n) is 4.24. The van der Waals surface area contributed by atoms with Crippen LogP contribution in [0.3, 0.4) is 0 Å². The van der Waals surface area contributed by atoms with E-state index in [1.165, 1.54) is 0 Å². The van der Waals surface area contributed by atoms with Crippen LogP contribution in [0.1, 0.15) is 12.0 Å². The number of carboxylic acid groups (broad SMARTS) is 1. The molecule has 0 unspecified atom stereocenters. The Balaban J connectivity index is 2.29. The lowest BCUT2D eigenvalue weighted by Crippen LogP contribution is -2.26. The smallest absolute Gasteiger partial charge is 0.314 e. The van der Waals surface area contributed by atoms with Crippen molar-refractivity contribution in [3.63, 3.8) is 0 Å². The molecule has 0 aromatic heterocycles. The minimum atomic E-state index is -0.713. The van der Waals surface area contributed by atoms with E-state index in [9.17, 15) is 9.90 Å². The quantitative estimate of drug-likeness (QED) is 0.889. The van der Waals surface area contributed by atoms with E-state index in [2.05, 4.69) is 21.2 Å². The number of aliphatic carboxylic acids is 1. The summed E-state index contributed by atoms with van der Waals surface area (Å²) in [6.45, 7) is 0.752. The van der Waals surface area contributed by atoms with E-state index in [0.717, 1.165) is 23.0 Å². The van der Waals surface area contributed by atoms with Crippen LogP contribution in [-0.2, 0) is 10.2 Å². The molecule has 0 amide bonds. The molecular weight excluding hydrogens is 270 g/mol. The number of hydrogen-bond donors (Lipinski definition) is 2. The fourth-order valence-electron chi connectivity index (χ4n) is 2.31. The standard InChI is InChI=1S/C12H14BrNO2/c1-14-7-9-6-12(9,11(15)16)8-2-4-10(13)5-3-8/h2-5,9,14H,6-7H2,1H3,(H,15,16)/t9-,12-/m1/s1. The van der Waals surface area contributed by atoms with Gasteiger partial charge in [-0.25, -0.2) is 0 Å². The van der Waals surface area contributed by atoms with Crippen LogP contribution in [0.25, 0.3) is 0 Å². The zero-order valence-electron chi connectivity index (χ0n) is 9.03. The first kappa shape index (κ1) is 11.6. The predicted octanol–water partition coefficient (Wildman–Crippen LogP) is 2.01. The zero-order valence-corrected chi connectivity index (χ0v) is 10.6. The summed E-state index contributed by atoms with van der Waals surface area (Å²) in [7, 11) is 1.85. The molecule has 0 aliphatic heterocycles. The molecule has 1 aliphatic carbocycles. The molecule has 86 valence electrons. The molecule has 2 atom stereocenters. The predicted molar refractivity (Wildman–Crippen MR) is 65.5 cm³/mol. The summed E-state index contributed by atoms with van der Waals surface area (Å²) in [6, 6.07) is 7.59. The van der Waals surface area contributed by atoms with E-state index in [4.69, 9.17) is 0 Å². The maximum Gasteiger partial charge on any atom is 0.314 e. The molecule has 1 aromatic carbocycles. The van der Waals surface area contributed by atoms with E-state index < -0.39 is 11.4 Å². The molecule has 0 saturated heterocycles. The van der Waals surface area contributed by atoms with Crippen LogP contribution >= 0.6 is 15.9 Å². The van der Waals surface area contributed by atoms with Crippen LogP contribution in [0.15, 0.2) is 28.7 Å². The molecule has 1 aliphatic rings. The SMILES string of the molecule is CNC[C@H]1C[C@@]1(C(=O)O)c1ccc(Br)cc1. The van der Waals surface area contributed by atoms with Gasteiger partial charge in [-0.2, -0.15) is 0 Å². The van der Waals surface area contributed by atoms with Gasteiger partial charge in [0.25, 0.3) is 0 Å². The maximum atomic E-state index is 11.4. The van der Waals surface area contributed by atoms with Gasteiger partial charge < -0.3 is 10.4 Å². The van der Waals surface area contributed by atoms with E-state index in [-0.39, 0.29) is 5.92 Å². The first-order chi connectivity index (χ1) is 7.61. The molecule has 0 heterocycles. The highest BCUT2D eigenvalue weighted by molar-refractivity contribution is 9.10. The summed E-state index contributed by atoms with van der Waals surface area (Å²) in [4.78, 5) is 11.4. The van der Waals surface area contributed by atoms with Gasteiger partial charge in [-0.3, -0.25) is 4.79 Å². The first-order valence-electron chi connectivity index (χ1n) is 5.25. The van der Waals surface area contributed by atoms with Crippen molar-refractivity contribution < 1.29 is 9.90 Å². The van der Waals surface area contributed by atoms with E-state index in [1.54, 1.807) is 0 Å². The average molecular weight is 284 g/mol. The number of hydrogen-bond acceptors (Lipinski definition) is 2. The van der Waals surface area contributed by atoms with Gasteiger partial charge >= 0.3 is 5.97 Å². The minimum Gasteiger partial charge on any atom is -0.481 e. The highest BCUT2D eigenvalue weighted by Crippen LogP contribution is 2.54. The average Bonchev–Trinajstić information content (AvgIpc) is 2.95. The van der Waals surface area contributed by atoms with Gasteiger partial charge in [-0.1, -0.05) is 28.1 Å². The third-order valence-corrected chi connectivity index (χ3v) is 3.83. The molecule has 2 rings (SSSR count). The Kier molecular flexibility index (Phi) is 3.04. The van der Waals surface area contributed by atoms with Gasteiger partial charge in [-0.05, 0) is 43.6 Å². The summed E-state index contributed by atoms with van der Waals surface area (Å²) in [6.07, 6.45) is 0.727. The summed E-state index contributed by atoms with van der Waals surface area (Å²) in [5.41, 5.74) is 0.243. The monoisotopic (exact) mass is 283 g/mol. The molecule has 0 radical (unpaired) electrons. The number of benzene rings is 1. The lowest BCUT2D eigenvalue weighted by Gasteiger charge is -2.13. The number of halogens is 1. The van der Waals surface area contributed by atoms with Crippen molar-refractivity contribution in [3.8, 4) is 0 Å². The van der Waals surface area contributed by atoms with E-state index >= 15 is 0 Å². The van der Waals surface area contributed by atoms with E-state index in [0.29, 0.717) is 0 Å². The number of rotatable bonds is 4. The molecule has 1 fully saturated rings. The Morgan fingerprint density at radius 3 is 2.69 bits per heavy atom. The van der Waals surface area contributed by atoms with Gasteiger partial charge in [0.05, 0.1) is 5.41 Å². The Bertz CT molecular complexity index is 404. The normalized spacial score (nSPS) is 27.8. The van der Waals surface area contributed by atoms with Crippen LogP contribution in [0.2, 0.25) is 0 Å². The lowest BCUT2D eigenvalue weighted by atomic mass is 9.93. The van der Waals surface area contributed by atoms with Crippen molar-refractivity contribution in [3.05, 3.63) is 34.3 Å². The van der Waals surface area contributed by atoms with Crippen LogP contribution in [-0.4, -0.2) is 24.7 Å². The Morgan fingerprint density at radius 2 is 2.19 bits per heavy atom. The largest absolute Gasteiger partial charge is 0.481 e. The molecule has 2 N–H and O–H groups in total. The van der Waals surface area contributed by atoms with Crippen LogP contribution < -0.4 is 5.32 Å². The molecule has 3 nitrogen and oxygen atoms in total. The summed E-state index contributed by atoms with van der Waals surface area (Å²) >= 11 is 3.36. The molecule has 1 aromatic rings. The maximum absolute atomic E-state index is 11.4. The first-order valence-corrected chi connectivity index (χ1v) is 6.04. The van der Waals surface area contributed by atoms with Crippen molar-refractivity contribution in [2.45, 2.75) is 11.8 Å². The minimum absolute atomic E-state index is 0.205.